The second kappa shape index (κ2) is 9.42. The minimum atomic E-state index is -0.555. The predicted molar refractivity (Wildman–Crippen MR) is 137 cm³/mol. The van der Waals surface area contributed by atoms with Crippen LogP contribution in [0.15, 0.2) is 36.4 Å². The van der Waals surface area contributed by atoms with E-state index < -0.39 is 5.54 Å². The van der Waals surface area contributed by atoms with Crippen LogP contribution < -0.4 is 0 Å². The monoisotopic (exact) mass is 463 g/mol. The Morgan fingerprint density at radius 3 is 2.18 bits per heavy atom. The number of benzene rings is 2. The van der Waals surface area contributed by atoms with Crippen molar-refractivity contribution < 1.29 is 14.3 Å². The number of hydrogen-bond donors (Lipinski definition) is 0. The first kappa shape index (κ1) is 23.5. The van der Waals surface area contributed by atoms with E-state index in [0.29, 0.717) is 19.3 Å². The van der Waals surface area contributed by atoms with Crippen LogP contribution in [0, 0.1) is 0 Å². The van der Waals surface area contributed by atoms with Crippen LogP contribution in [-0.2, 0) is 22.9 Å². The number of nitrogens with zero attached hydrogens (tertiary/aromatic N) is 3. The Balaban J connectivity index is 1.47. The molecule has 5 rings (SSSR count). The number of ketones is 1. The Morgan fingerprint density at radius 1 is 0.912 bits per heavy atom. The summed E-state index contributed by atoms with van der Waals surface area (Å²) >= 11 is 0. The normalized spacial score (nSPS) is 19.6. The molecule has 2 aromatic carbocycles. The summed E-state index contributed by atoms with van der Waals surface area (Å²) in [4.78, 5) is 18.4. The van der Waals surface area contributed by atoms with Gasteiger partial charge in [0.25, 0.3) is 0 Å². The molecule has 2 fully saturated rings. The smallest absolute Gasteiger partial charge is 0.182 e. The van der Waals surface area contributed by atoms with Gasteiger partial charge in [0.15, 0.2) is 5.78 Å². The summed E-state index contributed by atoms with van der Waals surface area (Å²) in [6.07, 6.45) is 1.01. The van der Waals surface area contributed by atoms with Crippen molar-refractivity contribution in [2.75, 3.05) is 52.6 Å². The number of fused-ring (bicyclic) bond motifs is 3. The first-order valence-electron chi connectivity index (χ1n) is 12.6. The number of aryl methyl sites for hydroxylation is 1. The van der Waals surface area contributed by atoms with Crippen molar-refractivity contribution in [3.63, 3.8) is 0 Å². The van der Waals surface area contributed by atoms with Crippen LogP contribution >= 0.6 is 0 Å². The van der Waals surface area contributed by atoms with E-state index in [9.17, 15) is 4.79 Å². The summed E-state index contributed by atoms with van der Waals surface area (Å²) in [6, 6.07) is 13.5. The van der Waals surface area contributed by atoms with Crippen molar-refractivity contribution in [2.24, 2.45) is 7.05 Å². The molecule has 6 heteroatoms. The molecule has 3 aromatic rings. The van der Waals surface area contributed by atoms with E-state index in [1.165, 1.54) is 16.5 Å². The van der Waals surface area contributed by atoms with Crippen LogP contribution in [0.5, 0.6) is 0 Å². The Labute approximate surface area is 202 Å². The minimum absolute atomic E-state index is 0.172. The van der Waals surface area contributed by atoms with Crippen LogP contribution in [0.4, 0.5) is 0 Å². The fourth-order valence-electron chi connectivity index (χ4n) is 5.64. The van der Waals surface area contributed by atoms with Gasteiger partial charge in [-0.2, -0.15) is 0 Å². The lowest BCUT2D eigenvalue weighted by atomic mass is 9.90. The summed E-state index contributed by atoms with van der Waals surface area (Å²) in [6.45, 7) is 13.0. The largest absolute Gasteiger partial charge is 0.379 e. The van der Waals surface area contributed by atoms with E-state index in [2.05, 4.69) is 58.7 Å². The van der Waals surface area contributed by atoms with E-state index in [-0.39, 0.29) is 5.78 Å². The molecule has 0 aliphatic carbocycles. The average molecular weight is 464 g/mol. The number of rotatable bonds is 6. The van der Waals surface area contributed by atoms with E-state index in [1.807, 2.05) is 19.9 Å². The topological polar surface area (TPSA) is 46.9 Å². The maximum Gasteiger partial charge on any atom is 0.182 e. The van der Waals surface area contributed by atoms with Crippen LogP contribution in [0.25, 0.3) is 21.8 Å². The fourth-order valence-corrected chi connectivity index (χ4v) is 5.64. The van der Waals surface area contributed by atoms with Gasteiger partial charge in [0.2, 0.25) is 0 Å². The summed E-state index contributed by atoms with van der Waals surface area (Å²) in [7, 11) is 2.11. The van der Waals surface area contributed by atoms with Gasteiger partial charge in [-0.15, -0.1) is 0 Å². The molecule has 0 amide bonds. The molecule has 2 aliphatic heterocycles. The molecule has 1 aromatic heterocycles. The van der Waals surface area contributed by atoms with Crippen LogP contribution in [0.3, 0.4) is 0 Å². The van der Waals surface area contributed by atoms with Gasteiger partial charge in [-0.3, -0.25) is 14.6 Å². The number of Topliss-reactive ketones (excluding diaryl/α,β-unsaturated/α-hetero) is 1. The van der Waals surface area contributed by atoms with Crippen molar-refractivity contribution in [2.45, 2.75) is 38.8 Å². The van der Waals surface area contributed by atoms with E-state index in [4.69, 9.17) is 9.47 Å². The lowest BCUT2D eigenvalue weighted by Crippen LogP contribution is -2.54. The Kier molecular flexibility index (Phi) is 6.51. The van der Waals surface area contributed by atoms with E-state index in [1.54, 1.807) is 0 Å². The number of hydrogen-bond acceptors (Lipinski definition) is 5. The molecule has 1 atom stereocenters. The van der Waals surface area contributed by atoms with Gasteiger partial charge in [0, 0.05) is 66.6 Å². The molecule has 0 saturated carbocycles. The number of morpholine rings is 2. The third-order valence-electron chi connectivity index (χ3n) is 7.89. The molecule has 0 radical (unpaired) electrons. The van der Waals surface area contributed by atoms with Gasteiger partial charge in [-0.25, -0.2) is 0 Å². The van der Waals surface area contributed by atoms with Gasteiger partial charge >= 0.3 is 0 Å². The molecule has 0 N–H and O–H groups in total. The predicted octanol–water partition coefficient (Wildman–Crippen LogP) is 3.89. The summed E-state index contributed by atoms with van der Waals surface area (Å²) in [5.74, 6) is 0.172. The maximum absolute atomic E-state index is 13.6. The third-order valence-corrected chi connectivity index (χ3v) is 7.89. The molecule has 2 saturated heterocycles. The number of carbonyl (C=O) groups is 1. The zero-order chi connectivity index (χ0) is 23.9. The van der Waals surface area contributed by atoms with Crippen LogP contribution in [0.1, 0.15) is 36.7 Å². The number of aromatic nitrogens is 1. The highest BCUT2D eigenvalue weighted by atomic mass is 16.5. The second-order valence-electron chi connectivity index (χ2n) is 10.3. The molecule has 2 aliphatic rings. The van der Waals surface area contributed by atoms with Crippen LogP contribution in [0.2, 0.25) is 0 Å². The van der Waals surface area contributed by atoms with E-state index >= 15 is 0 Å². The summed E-state index contributed by atoms with van der Waals surface area (Å²) in [5.41, 5.74) is 3.93. The first-order valence-corrected chi connectivity index (χ1v) is 12.6. The first-order chi connectivity index (χ1) is 16.4. The average Bonchev–Trinajstić information content (AvgIpc) is 3.15. The van der Waals surface area contributed by atoms with Crippen molar-refractivity contribution in [1.29, 1.82) is 0 Å². The van der Waals surface area contributed by atoms with Gasteiger partial charge in [0.05, 0.1) is 32.0 Å². The standard InChI is InChI=1S/C28H37N3O3/c1-20(30-9-13-33-14-10-30)17-21-5-7-25-23(18-21)24-19-22(6-8-26(24)29(25)4)27(32)28(2,3)31-11-15-34-16-12-31/h5-8,18-20H,9-17H2,1-4H3. The summed E-state index contributed by atoms with van der Waals surface area (Å²) < 4.78 is 13.3. The molecular formula is C28H37N3O3. The maximum atomic E-state index is 13.6. The minimum Gasteiger partial charge on any atom is -0.379 e. The van der Waals surface area contributed by atoms with Crippen molar-refractivity contribution in [3.8, 4) is 0 Å². The van der Waals surface area contributed by atoms with Gasteiger partial charge in [0.1, 0.15) is 0 Å². The molecule has 1 unspecified atom stereocenters. The van der Waals surface area contributed by atoms with Crippen molar-refractivity contribution in [3.05, 3.63) is 47.5 Å². The van der Waals surface area contributed by atoms with Crippen molar-refractivity contribution >= 4 is 27.6 Å². The molecule has 0 spiro atoms. The lowest BCUT2D eigenvalue weighted by molar-refractivity contribution is -0.00429. The molecule has 6 nitrogen and oxygen atoms in total. The highest BCUT2D eigenvalue weighted by Gasteiger charge is 2.36. The zero-order valence-electron chi connectivity index (χ0n) is 21.0. The fraction of sp³-hybridized carbons (Fsp3) is 0.536. The zero-order valence-corrected chi connectivity index (χ0v) is 21.0. The molecular weight excluding hydrogens is 426 g/mol. The quantitative estimate of drug-likeness (QED) is 0.519. The Hall–Kier alpha value is -2.25. The highest BCUT2D eigenvalue weighted by Crippen LogP contribution is 2.32. The van der Waals surface area contributed by atoms with Gasteiger partial charge < -0.3 is 14.0 Å². The van der Waals surface area contributed by atoms with Gasteiger partial charge in [-0.1, -0.05) is 6.07 Å². The molecule has 34 heavy (non-hydrogen) atoms. The highest BCUT2D eigenvalue weighted by molar-refractivity contribution is 6.12. The third kappa shape index (κ3) is 4.29. The SMILES string of the molecule is CC(Cc1ccc2c(c1)c1cc(C(=O)C(C)(C)N3CCOCC3)ccc1n2C)N1CCOCC1. The molecule has 182 valence electrons. The second-order valence-corrected chi connectivity index (χ2v) is 10.3. The van der Waals surface area contributed by atoms with Gasteiger partial charge in [-0.05, 0) is 63.1 Å². The van der Waals surface area contributed by atoms with Crippen LogP contribution in [-0.4, -0.2) is 84.3 Å². The lowest BCUT2D eigenvalue weighted by Gasteiger charge is -2.39. The van der Waals surface area contributed by atoms with E-state index in [0.717, 1.165) is 62.3 Å². The molecule has 0 bridgehead atoms. The Morgan fingerprint density at radius 2 is 1.50 bits per heavy atom. The van der Waals surface area contributed by atoms with Crippen molar-refractivity contribution in [1.82, 2.24) is 14.4 Å². The summed E-state index contributed by atoms with van der Waals surface area (Å²) in [5, 5.41) is 2.38. The number of carbonyl (C=O) groups excluding carboxylic acids is 1. The molecule has 3 heterocycles. The Bertz CT molecular complexity index is 1190. The number of ether oxygens (including phenoxy) is 2.